The first kappa shape index (κ1) is 13.4. The van der Waals surface area contributed by atoms with Gasteiger partial charge in [-0.05, 0) is 26.8 Å². The molecule has 3 heterocycles. The van der Waals surface area contributed by atoms with Crippen LogP contribution in [0.4, 0.5) is 0 Å². The number of hydrogen-bond acceptors (Lipinski definition) is 6. The molecule has 0 aliphatic heterocycles. The Bertz CT molecular complexity index is 812. The van der Waals surface area contributed by atoms with Gasteiger partial charge in [-0.25, -0.2) is 4.98 Å². The SMILES string of the molecule is Cc1cc2c(=O)[nH]c(SCc3c(C)noc3C)nc2s1. The summed E-state index contributed by atoms with van der Waals surface area (Å²) in [5.74, 6) is 1.49. The van der Waals surface area contributed by atoms with Crippen LogP contribution in [0.1, 0.15) is 21.9 Å². The Kier molecular flexibility index (Phi) is 3.39. The number of aromatic nitrogens is 3. The van der Waals surface area contributed by atoms with Crippen molar-refractivity contribution < 1.29 is 4.52 Å². The second kappa shape index (κ2) is 5.06. The Hall–Kier alpha value is -1.60. The molecule has 3 aromatic rings. The third kappa shape index (κ3) is 2.38. The molecular weight excluding hydrogens is 294 g/mol. The number of hydrogen-bond donors (Lipinski definition) is 1. The number of nitrogens with one attached hydrogen (secondary N) is 1. The summed E-state index contributed by atoms with van der Waals surface area (Å²) in [4.78, 5) is 21.2. The topological polar surface area (TPSA) is 71.8 Å². The lowest BCUT2D eigenvalue weighted by molar-refractivity contribution is 0.392. The molecule has 3 aromatic heterocycles. The Morgan fingerprint density at radius 1 is 1.40 bits per heavy atom. The van der Waals surface area contributed by atoms with E-state index in [9.17, 15) is 4.79 Å². The normalized spacial score (nSPS) is 11.3. The van der Waals surface area contributed by atoms with E-state index in [1.165, 1.54) is 23.1 Å². The summed E-state index contributed by atoms with van der Waals surface area (Å²) >= 11 is 3.02. The minimum absolute atomic E-state index is 0.0828. The molecule has 104 valence electrons. The number of aromatic amines is 1. The highest BCUT2D eigenvalue weighted by atomic mass is 32.2. The smallest absolute Gasteiger partial charge is 0.260 e. The molecule has 0 radical (unpaired) electrons. The first-order chi connectivity index (χ1) is 9.54. The molecule has 3 rings (SSSR count). The van der Waals surface area contributed by atoms with Gasteiger partial charge in [0.15, 0.2) is 5.16 Å². The van der Waals surface area contributed by atoms with Crippen molar-refractivity contribution in [1.29, 1.82) is 0 Å². The summed E-state index contributed by atoms with van der Waals surface area (Å²) in [7, 11) is 0. The zero-order chi connectivity index (χ0) is 14.3. The second-order valence-electron chi connectivity index (χ2n) is 4.54. The van der Waals surface area contributed by atoms with Crippen molar-refractivity contribution >= 4 is 33.3 Å². The average Bonchev–Trinajstić information content (AvgIpc) is 2.91. The summed E-state index contributed by atoms with van der Waals surface area (Å²) in [6.45, 7) is 5.77. The van der Waals surface area contributed by atoms with Crippen LogP contribution in [0, 0.1) is 20.8 Å². The van der Waals surface area contributed by atoms with Crippen LogP contribution in [0.2, 0.25) is 0 Å². The number of H-pyrrole nitrogens is 1. The van der Waals surface area contributed by atoms with E-state index in [-0.39, 0.29) is 5.56 Å². The first-order valence-electron chi connectivity index (χ1n) is 6.09. The number of thioether (sulfide) groups is 1. The number of rotatable bonds is 3. The van der Waals surface area contributed by atoms with Crippen molar-refractivity contribution in [2.45, 2.75) is 31.7 Å². The molecule has 7 heteroatoms. The van der Waals surface area contributed by atoms with Crippen molar-refractivity contribution in [2.75, 3.05) is 0 Å². The van der Waals surface area contributed by atoms with Gasteiger partial charge in [0.2, 0.25) is 0 Å². The molecule has 0 bridgehead atoms. The van der Waals surface area contributed by atoms with Gasteiger partial charge >= 0.3 is 0 Å². The van der Waals surface area contributed by atoms with E-state index >= 15 is 0 Å². The lowest BCUT2D eigenvalue weighted by atomic mass is 10.2. The molecule has 0 unspecified atom stereocenters. The maximum Gasteiger partial charge on any atom is 0.260 e. The Labute approximate surface area is 123 Å². The van der Waals surface area contributed by atoms with Gasteiger partial charge in [0.25, 0.3) is 5.56 Å². The van der Waals surface area contributed by atoms with E-state index < -0.39 is 0 Å². The monoisotopic (exact) mass is 307 g/mol. The number of fused-ring (bicyclic) bond motifs is 1. The lowest BCUT2D eigenvalue weighted by Crippen LogP contribution is -2.07. The Morgan fingerprint density at radius 2 is 2.20 bits per heavy atom. The largest absolute Gasteiger partial charge is 0.361 e. The van der Waals surface area contributed by atoms with Crippen LogP contribution in [0.3, 0.4) is 0 Å². The van der Waals surface area contributed by atoms with Crippen LogP contribution in [0.25, 0.3) is 10.2 Å². The highest BCUT2D eigenvalue weighted by molar-refractivity contribution is 7.98. The molecule has 0 saturated carbocycles. The zero-order valence-corrected chi connectivity index (χ0v) is 12.9. The van der Waals surface area contributed by atoms with E-state index in [1.54, 1.807) is 0 Å². The molecule has 0 atom stereocenters. The molecule has 0 aromatic carbocycles. The van der Waals surface area contributed by atoms with Crippen LogP contribution in [0.5, 0.6) is 0 Å². The highest BCUT2D eigenvalue weighted by Crippen LogP contribution is 2.26. The van der Waals surface area contributed by atoms with Crippen molar-refractivity contribution in [3.8, 4) is 0 Å². The van der Waals surface area contributed by atoms with Gasteiger partial charge in [0, 0.05) is 16.2 Å². The van der Waals surface area contributed by atoms with Gasteiger partial charge in [0.05, 0.1) is 11.1 Å². The minimum atomic E-state index is -0.0828. The van der Waals surface area contributed by atoms with Crippen LogP contribution in [-0.4, -0.2) is 15.1 Å². The molecule has 0 aliphatic carbocycles. The molecule has 0 fully saturated rings. The first-order valence-corrected chi connectivity index (χ1v) is 7.90. The van der Waals surface area contributed by atoms with Gasteiger partial charge in [-0.3, -0.25) is 4.79 Å². The Balaban J connectivity index is 1.90. The van der Waals surface area contributed by atoms with Gasteiger partial charge in [-0.15, -0.1) is 11.3 Å². The quantitative estimate of drug-likeness (QED) is 0.594. The van der Waals surface area contributed by atoms with Crippen molar-refractivity contribution in [3.63, 3.8) is 0 Å². The third-order valence-corrected chi connectivity index (χ3v) is 4.88. The zero-order valence-electron chi connectivity index (χ0n) is 11.3. The summed E-state index contributed by atoms with van der Waals surface area (Å²) in [5.41, 5.74) is 1.85. The minimum Gasteiger partial charge on any atom is -0.361 e. The van der Waals surface area contributed by atoms with Crippen molar-refractivity contribution in [1.82, 2.24) is 15.1 Å². The molecule has 0 saturated heterocycles. The summed E-state index contributed by atoms with van der Waals surface area (Å²) < 4.78 is 5.13. The van der Waals surface area contributed by atoms with Crippen LogP contribution in [0.15, 0.2) is 20.5 Å². The van der Waals surface area contributed by atoms with Crippen molar-refractivity contribution in [2.24, 2.45) is 0 Å². The fraction of sp³-hybridized carbons (Fsp3) is 0.308. The molecule has 0 spiro atoms. The average molecular weight is 307 g/mol. The number of thiophene rings is 1. The predicted molar refractivity (Wildman–Crippen MR) is 80.5 cm³/mol. The van der Waals surface area contributed by atoms with Crippen molar-refractivity contribution in [3.05, 3.63) is 38.3 Å². The maximum absolute atomic E-state index is 12.0. The number of nitrogens with zero attached hydrogens (tertiary/aromatic N) is 2. The summed E-state index contributed by atoms with van der Waals surface area (Å²) in [6, 6.07) is 1.87. The predicted octanol–water partition coefficient (Wildman–Crippen LogP) is 3.19. The standard InChI is InChI=1S/C13H13N3O2S2/c1-6-4-9-11(17)14-13(15-12(9)20-6)19-5-10-7(2)16-18-8(10)3/h4H,5H2,1-3H3,(H,14,15,17). The van der Waals surface area contributed by atoms with E-state index in [2.05, 4.69) is 15.1 Å². The summed E-state index contributed by atoms with van der Waals surface area (Å²) in [6.07, 6.45) is 0. The third-order valence-electron chi connectivity index (χ3n) is 3.04. The maximum atomic E-state index is 12.0. The fourth-order valence-corrected chi connectivity index (χ4v) is 3.90. The second-order valence-corrected chi connectivity index (χ2v) is 6.74. The molecule has 0 amide bonds. The van der Waals surface area contributed by atoms with E-state index in [4.69, 9.17) is 4.52 Å². The molecule has 1 N–H and O–H groups in total. The fourth-order valence-electron chi connectivity index (χ4n) is 1.95. The van der Waals surface area contributed by atoms with Crippen LogP contribution < -0.4 is 5.56 Å². The van der Waals surface area contributed by atoms with Gasteiger partial charge in [-0.2, -0.15) is 0 Å². The molecule has 0 aliphatic rings. The highest BCUT2D eigenvalue weighted by Gasteiger charge is 2.12. The Morgan fingerprint density at radius 3 is 2.90 bits per heavy atom. The van der Waals surface area contributed by atoms with Gasteiger partial charge in [0.1, 0.15) is 10.6 Å². The molecule has 20 heavy (non-hydrogen) atoms. The molecule has 5 nitrogen and oxygen atoms in total. The van der Waals surface area contributed by atoms with Crippen LogP contribution in [-0.2, 0) is 5.75 Å². The summed E-state index contributed by atoms with van der Waals surface area (Å²) in [5, 5.41) is 5.21. The van der Waals surface area contributed by atoms with Gasteiger partial charge in [-0.1, -0.05) is 16.9 Å². The molecular formula is C13H13N3O2S2. The van der Waals surface area contributed by atoms with Crippen LogP contribution >= 0.6 is 23.1 Å². The lowest BCUT2D eigenvalue weighted by Gasteiger charge is -2.00. The van der Waals surface area contributed by atoms with E-state index in [0.717, 1.165) is 26.7 Å². The number of aryl methyl sites for hydroxylation is 3. The van der Waals surface area contributed by atoms with Gasteiger partial charge < -0.3 is 9.51 Å². The van der Waals surface area contributed by atoms with E-state index in [1.807, 2.05) is 26.8 Å². The van der Waals surface area contributed by atoms with E-state index in [0.29, 0.717) is 16.3 Å².